The van der Waals surface area contributed by atoms with Gasteiger partial charge in [-0.05, 0) is 30.5 Å². The molecule has 2 aliphatic heterocycles. The second kappa shape index (κ2) is 7.83. The molecule has 1 aromatic carbocycles. The molecule has 1 atom stereocenters. The molecular weight excluding hydrogens is 373 g/mol. The Labute approximate surface area is 167 Å². The predicted molar refractivity (Wildman–Crippen MR) is 105 cm³/mol. The number of hydrogen-bond donors (Lipinski definition) is 1. The number of piperidine rings is 1. The van der Waals surface area contributed by atoms with Crippen LogP contribution in [0.2, 0.25) is 0 Å². The minimum absolute atomic E-state index is 0.0229. The Hall–Kier alpha value is -3.54. The molecule has 1 amide bonds. The van der Waals surface area contributed by atoms with Gasteiger partial charge in [-0.15, -0.1) is 0 Å². The summed E-state index contributed by atoms with van der Waals surface area (Å²) in [6, 6.07) is 9.23. The van der Waals surface area contributed by atoms with Crippen LogP contribution >= 0.6 is 0 Å². The van der Waals surface area contributed by atoms with E-state index < -0.39 is 5.82 Å². The molecule has 1 fully saturated rings. The molecule has 0 saturated carbocycles. The van der Waals surface area contributed by atoms with Crippen LogP contribution in [0.3, 0.4) is 0 Å². The molecule has 2 aliphatic rings. The third kappa shape index (κ3) is 3.74. The molecule has 1 saturated heterocycles. The largest absolute Gasteiger partial charge is 0.381 e. The highest BCUT2D eigenvalue weighted by Gasteiger charge is 2.35. The minimum Gasteiger partial charge on any atom is -0.381 e. The van der Waals surface area contributed by atoms with Gasteiger partial charge in [0, 0.05) is 31.6 Å². The van der Waals surface area contributed by atoms with Gasteiger partial charge in [0.1, 0.15) is 0 Å². The highest BCUT2D eigenvalue weighted by atomic mass is 19.1. The van der Waals surface area contributed by atoms with Crippen molar-refractivity contribution < 1.29 is 9.18 Å². The molecule has 0 bridgehead atoms. The number of carbonyl (C=O) groups is 1. The fourth-order valence-corrected chi connectivity index (χ4v) is 3.75. The average molecular weight is 393 g/mol. The molecule has 1 unspecified atom stereocenters. The Morgan fingerprint density at radius 3 is 2.83 bits per heavy atom. The Bertz CT molecular complexity index is 995. The van der Waals surface area contributed by atoms with Gasteiger partial charge in [0.25, 0.3) is 0 Å². The number of nitrogens with two attached hydrogens (primary N) is 1. The Kier molecular flexibility index (Phi) is 5.08. The standard InChI is InChI=1S/C20H20FN7O/c21-16-12-24-20(26-18(16)23)27-8-5-14(6-9-27)19(29)28-17(4-7-25-28)15-3-1-2-13(10-15)11-22/h1-3,7,10,12,14,17H,4-6,8-9H2,(H2,23,24,26). The predicted octanol–water partition coefficient (Wildman–Crippen LogP) is 2.25. The molecule has 148 valence electrons. The van der Waals surface area contributed by atoms with Crippen LogP contribution in [0.25, 0.3) is 0 Å². The summed E-state index contributed by atoms with van der Waals surface area (Å²) >= 11 is 0. The Morgan fingerprint density at radius 1 is 1.31 bits per heavy atom. The molecule has 3 heterocycles. The zero-order valence-corrected chi connectivity index (χ0v) is 15.7. The van der Waals surface area contributed by atoms with E-state index in [2.05, 4.69) is 21.1 Å². The Morgan fingerprint density at radius 2 is 2.10 bits per heavy atom. The topological polar surface area (TPSA) is 112 Å². The lowest BCUT2D eigenvalue weighted by Crippen LogP contribution is -2.41. The van der Waals surface area contributed by atoms with E-state index in [9.17, 15) is 9.18 Å². The van der Waals surface area contributed by atoms with E-state index in [1.54, 1.807) is 23.4 Å². The minimum atomic E-state index is -0.641. The summed E-state index contributed by atoms with van der Waals surface area (Å²) in [5, 5.41) is 15.0. The van der Waals surface area contributed by atoms with Crippen molar-refractivity contribution in [1.29, 1.82) is 5.26 Å². The van der Waals surface area contributed by atoms with Crippen molar-refractivity contribution in [3.05, 3.63) is 47.4 Å². The van der Waals surface area contributed by atoms with Crippen molar-refractivity contribution in [2.45, 2.75) is 25.3 Å². The van der Waals surface area contributed by atoms with E-state index in [1.165, 1.54) is 0 Å². The second-order valence-corrected chi connectivity index (χ2v) is 7.13. The Balaban J connectivity index is 1.43. The molecule has 0 spiro atoms. The molecule has 2 aromatic rings. The number of aromatic nitrogens is 2. The molecular formula is C20H20FN7O. The third-order valence-electron chi connectivity index (χ3n) is 5.34. The van der Waals surface area contributed by atoms with Crippen LogP contribution in [0, 0.1) is 23.1 Å². The van der Waals surface area contributed by atoms with E-state index in [4.69, 9.17) is 11.0 Å². The first-order chi connectivity index (χ1) is 14.1. The van der Waals surface area contributed by atoms with Gasteiger partial charge in [0.2, 0.25) is 11.9 Å². The van der Waals surface area contributed by atoms with Gasteiger partial charge < -0.3 is 10.6 Å². The van der Waals surface area contributed by atoms with Crippen LogP contribution < -0.4 is 10.6 Å². The first kappa shape index (κ1) is 18.8. The van der Waals surface area contributed by atoms with Crippen LogP contribution in [0.5, 0.6) is 0 Å². The van der Waals surface area contributed by atoms with E-state index >= 15 is 0 Å². The number of hydrogen-bond acceptors (Lipinski definition) is 7. The number of anilines is 2. The van der Waals surface area contributed by atoms with Gasteiger partial charge in [-0.3, -0.25) is 4.79 Å². The van der Waals surface area contributed by atoms with Gasteiger partial charge in [-0.25, -0.2) is 14.4 Å². The highest BCUT2D eigenvalue weighted by Crippen LogP contribution is 2.32. The summed E-state index contributed by atoms with van der Waals surface area (Å²) in [5.41, 5.74) is 7.00. The van der Waals surface area contributed by atoms with E-state index in [0.29, 0.717) is 43.9 Å². The number of nitrogens with zero attached hydrogens (tertiary/aromatic N) is 6. The summed E-state index contributed by atoms with van der Waals surface area (Å²) in [6.07, 6.45) is 4.68. The molecule has 9 heteroatoms. The lowest BCUT2D eigenvalue weighted by molar-refractivity contribution is -0.138. The normalized spacial score (nSPS) is 19.4. The molecule has 1 aromatic heterocycles. The summed E-state index contributed by atoms with van der Waals surface area (Å²) in [5.74, 6) is -0.634. The zero-order valence-electron chi connectivity index (χ0n) is 15.7. The average Bonchev–Trinajstić information content (AvgIpc) is 3.25. The van der Waals surface area contributed by atoms with Gasteiger partial charge >= 0.3 is 0 Å². The van der Waals surface area contributed by atoms with Crippen LogP contribution in [-0.4, -0.2) is 40.2 Å². The molecule has 8 nitrogen and oxygen atoms in total. The quantitative estimate of drug-likeness (QED) is 0.856. The van der Waals surface area contributed by atoms with Crippen LogP contribution in [-0.2, 0) is 4.79 Å². The van der Waals surface area contributed by atoms with Gasteiger partial charge in [-0.1, -0.05) is 12.1 Å². The number of amides is 1. The summed E-state index contributed by atoms with van der Waals surface area (Å²) in [4.78, 5) is 23.0. The van der Waals surface area contributed by atoms with E-state index in [0.717, 1.165) is 11.8 Å². The smallest absolute Gasteiger partial charge is 0.246 e. The number of nitriles is 1. The monoisotopic (exact) mass is 393 g/mol. The second-order valence-electron chi connectivity index (χ2n) is 7.13. The summed E-state index contributed by atoms with van der Waals surface area (Å²) in [6.45, 7) is 1.15. The van der Waals surface area contributed by atoms with Crippen LogP contribution in [0.4, 0.5) is 16.2 Å². The molecule has 0 radical (unpaired) electrons. The van der Waals surface area contributed by atoms with Crippen LogP contribution in [0.1, 0.15) is 36.4 Å². The number of hydrazone groups is 1. The van der Waals surface area contributed by atoms with Crippen molar-refractivity contribution in [3.63, 3.8) is 0 Å². The number of carbonyl (C=O) groups excluding carboxylic acids is 1. The van der Waals surface area contributed by atoms with Crippen molar-refractivity contribution in [2.24, 2.45) is 11.0 Å². The maximum Gasteiger partial charge on any atom is 0.246 e. The van der Waals surface area contributed by atoms with Crippen molar-refractivity contribution in [2.75, 3.05) is 23.7 Å². The van der Waals surface area contributed by atoms with Crippen LogP contribution in [0.15, 0.2) is 35.6 Å². The van der Waals surface area contributed by atoms with Crippen molar-refractivity contribution in [3.8, 4) is 6.07 Å². The lowest BCUT2D eigenvalue weighted by Gasteiger charge is -2.33. The third-order valence-corrected chi connectivity index (χ3v) is 5.34. The number of halogens is 1. The zero-order chi connectivity index (χ0) is 20.4. The van der Waals surface area contributed by atoms with E-state index in [-0.39, 0.29) is 23.7 Å². The van der Waals surface area contributed by atoms with E-state index in [1.807, 2.05) is 17.0 Å². The first-order valence-electron chi connectivity index (χ1n) is 9.45. The van der Waals surface area contributed by atoms with Crippen molar-refractivity contribution >= 4 is 23.9 Å². The number of nitrogen functional groups attached to an aromatic ring is 1. The van der Waals surface area contributed by atoms with Gasteiger partial charge in [0.15, 0.2) is 11.6 Å². The fraction of sp³-hybridized carbons (Fsp3) is 0.350. The number of benzene rings is 1. The summed E-state index contributed by atoms with van der Waals surface area (Å²) in [7, 11) is 0. The van der Waals surface area contributed by atoms with Gasteiger partial charge in [0.05, 0.1) is 23.9 Å². The highest BCUT2D eigenvalue weighted by molar-refractivity contribution is 5.82. The maximum absolute atomic E-state index is 13.3. The molecule has 29 heavy (non-hydrogen) atoms. The van der Waals surface area contributed by atoms with Gasteiger partial charge in [-0.2, -0.15) is 15.3 Å². The summed E-state index contributed by atoms with van der Waals surface area (Å²) < 4.78 is 13.3. The lowest BCUT2D eigenvalue weighted by atomic mass is 9.94. The number of rotatable bonds is 3. The maximum atomic E-state index is 13.3. The fourth-order valence-electron chi connectivity index (χ4n) is 3.75. The molecule has 2 N–H and O–H groups in total. The molecule has 0 aliphatic carbocycles. The van der Waals surface area contributed by atoms with Crippen molar-refractivity contribution in [1.82, 2.24) is 15.0 Å². The first-order valence-corrected chi connectivity index (χ1v) is 9.45. The molecule has 4 rings (SSSR count). The SMILES string of the molecule is N#Cc1cccc(C2CC=NN2C(=O)C2CCN(c3ncc(F)c(N)n3)CC2)c1.